The van der Waals surface area contributed by atoms with Crippen molar-refractivity contribution in [3.8, 4) is 5.75 Å². The van der Waals surface area contributed by atoms with Crippen molar-refractivity contribution in [3.63, 3.8) is 0 Å². The van der Waals surface area contributed by atoms with E-state index in [0.29, 0.717) is 5.71 Å². The lowest BCUT2D eigenvalue weighted by molar-refractivity contribution is 0.0952. The summed E-state index contributed by atoms with van der Waals surface area (Å²) < 4.78 is 0. The predicted molar refractivity (Wildman–Crippen MR) is 94.1 cm³/mol. The first-order valence-corrected chi connectivity index (χ1v) is 7.52. The average molecular weight is 316 g/mol. The van der Waals surface area contributed by atoms with Gasteiger partial charge < -0.3 is 5.11 Å². The second kappa shape index (κ2) is 7.24. The number of nitrogens with one attached hydrogen (secondary N) is 1. The molecule has 0 radical (unpaired) electrons. The zero-order valence-electron chi connectivity index (χ0n) is 12.9. The molecule has 118 valence electrons. The highest BCUT2D eigenvalue weighted by atomic mass is 16.3. The minimum Gasteiger partial charge on any atom is -0.507 e. The topological polar surface area (TPSA) is 61.7 Å². The van der Waals surface area contributed by atoms with Gasteiger partial charge in [0.25, 0.3) is 5.91 Å². The number of nitrogens with zero attached hydrogens (tertiary/aromatic N) is 1. The molecule has 3 rings (SSSR count). The van der Waals surface area contributed by atoms with Gasteiger partial charge in [0.15, 0.2) is 0 Å². The molecule has 2 N–H and O–H groups in total. The van der Waals surface area contributed by atoms with Crippen LogP contribution in [0.1, 0.15) is 21.5 Å². The summed E-state index contributed by atoms with van der Waals surface area (Å²) in [7, 11) is 0. The Balaban J connectivity index is 1.93. The number of hydrazone groups is 1. The number of para-hydroxylation sites is 1. The average Bonchev–Trinajstić information content (AvgIpc) is 2.64. The lowest BCUT2D eigenvalue weighted by atomic mass is 10.0. The second-order valence-corrected chi connectivity index (χ2v) is 5.15. The van der Waals surface area contributed by atoms with Crippen molar-refractivity contribution < 1.29 is 9.90 Å². The number of benzene rings is 3. The van der Waals surface area contributed by atoms with Crippen LogP contribution in [0.4, 0.5) is 0 Å². The molecule has 4 heteroatoms. The summed E-state index contributed by atoms with van der Waals surface area (Å²) in [5.41, 5.74) is 5.14. The molecule has 3 aromatic rings. The minimum atomic E-state index is -0.461. The predicted octanol–water partition coefficient (Wildman–Crippen LogP) is 3.57. The molecule has 0 heterocycles. The summed E-state index contributed by atoms with van der Waals surface area (Å²) in [6, 6.07) is 25.6. The molecule has 0 aliphatic heterocycles. The normalized spacial score (nSPS) is 10.0. The fourth-order valence-corrected chi connectivity index (χ4v) is 2.32. The Morgan fingerprint density at radius 2 is 1.25 bits per heavy atom. The van der Waals surface area contributed by atoms with E-state index in [9.17, 15) is 9.90 Å². The molecule has 3 aromatic carbocycles. The van der Waals surface area contributed by atoms with E-state index in [4.69, 9.17) is 0 Å². The lowest BCUT2D eigenvalue weighted by Crippen LogP contribution is -2.20. The number of phenols is 1. The first-order valence-electron chi connectivity index (χ1n) is 7.52. The standard InChI is InChI=1S/C20H16N2O2/c23-18-14-8-7-13-17(18)20(24)22-21-19(15-9-3-1-4-10-15)16-11-5-2-6-12-16/h1-14,23H,(H,22,24). The molecule has 0 atom stereocenters. The van der Waals surface area contributed by atoms with Gasteiger partial charge in [-0.25, -0.2) is 5.43 Å². The summed E-state index contributed by atoms with van der Waals surface area (Å²) in [6.07, 6.45) is 0. The van der Waals surface area contributed by atoms with Crippen molar-refractivity contribution in [1.82, 2.24) is 5.43 Å². The largest absolute Gasteiger partial charge is 0.507 e. The molecule has 0 aliphatic carbocycles. The Morgan fingerprint density at radius 1 is 0.750 bits per heavy atom. The summed E-state index contributed by atoms with van der Waals surface area (Å²) in [6.45, 7) is 0. The summed E-state index contributed by atoms with van der Waals surface area (Å²) >= 11 is 0. The van der Waals surface area contributed by atoms with Crippen LogP contribution >= 0.6 is 0 Å². The van der Waals surface area contributed by atoms with Crippen LogP contribution in [0.25, 0.3) is 0 Å². The number of aromatic hydroxyl groups is 1. The van der Waals surface area contributed by atoms with Gasteiger partial charge in [0.05, 0.1) is 11.3 Å². The van der Waals surface area contributed by atoms with Crippen LogP contribution in [0.3, 0.4) is 0 Å². The third-order valence-electron chi connectivity index (χ3n) is 3.51. The number of amides is 1. The van der Waals surface area contributed by atoms with Crippen molar-refractivity contribution in [2.75, 3.05) is 0 Å². The van der Waals surface area contributed by atoms with E-state index in [1.165, 1.54) is 6.07 Å². The van der Waals surface area contributed by atoms with Crippen molar-refractivity contribution >= 4 is 11.6 Å². The van der Waals surface area contributed by atoms with Crippen LogP contribution in [-0.4, -0.2) is 16.7 Å². The molecule has 1 amide bonds. The number of carbonyl (C=O) groups excluding carboxylic acids is 1. The lowest BCUT2D eigenvalue weighted by Gasteiger charge is -2.08. The van der Waals surface area contributed by atoms with Gasteiger partial charge >= 0.3 is 0 Å². The van der Waals surface area contributed by atoms with E-state index in [1.54, 1.807) is 18.2 Å². The molecule has 0 aliphatic rings. The van der Waals surface area contributed by atoms with Gasteiger partial charge in [0.1, 0.15) is 5.75 Å². The molecule has 0 aromatic heterocycles. The maximum Gasteiger partial charge on any atom is 0.275 e. The van der Waals surface area contributed by atoms with Crippen molar-refractivity contribution in [2.45, 2.75) is 0 Å². The fraction of sp³-hybridized carbons (Fsp3) is 0. The van der Waals surface area contributed by atoms with Crippen LogP contribution < -0.4 is 5.43 Å². The Labute approximate surface area is 140 Å². The highest BCUT2D eigenvalue weighted by Gasteiger charge is 2.11. The second-order valence-electron chi connectivity index (χ2n) is 5.15. The number of rotatable bonds is 4. The molecular formula is C20H16N2O2. The number of carbonyl (C=O) groups is 1. The Kier molecular flexibility index (Phi) is 4.68. The van der Waals surface area contributed by atoms with Gasteiger partial charge in [-0.3, -0.25) is 4.79 Å². The van der Waals surface area contributed by atoms with Gasteiger partial charge in [-0.05, 0) is 12.1 Å². The SMILES string of the molecule is O=C(NN=C(c1ccccc1)c1ccccc1)c1ccccc1O. The molecule has 0 saturated carbocycles. The van der Waals surface area contributed by atoms with Gasteiger partial charge in [0, 0.05) is 11.1 Å². The molecule has 24 heavy (non-hydrogen) atoms. The smallest absolute Gasteiger partial charge is 0.275 e. The zero-order chi connectivity index (χ0) is 16.8. The van der Waals surface area contributed by atoms with E-state index in [2.05, 4.69) is 10.5 Å². The maximum atomic E-state index is 12.3. The molecular weight excluding hydrogens is 300 g/mol. The molecule has 4 nitrogen and oxygen atoms in total. The quantitative estimate of drug-likeness (QED) is 0.571. The van der Waals surface area contributed by atoms with E-state index in [-0.39, 0.29) is 11.3 Å². The minimum absolute atomic E-state index is 0.0776. The number of hydrogen-bond acceptors (Lipinski definition) is 3. The number of hydrogen-bond donors (Lipinski definition) is 2. The van der Waals surface area contributed by atoms with E-state index < -0.39 is 5.91 Å². The van der Waals surface area contributed by atoms with E-state index in [0.717, 1.165) is 11.1 Å². The third-order valence-corrected chi connectivity index (χ3v) is 3.51. The number of phenolic OH excluding ortho intramolecular Hbond substituents is 1. The summed E-state index contributed by atoms with van der Waals surface area (Å²) in [5, 5.41) is 14.1. The Hall–Kier alpha value is -3.40. The van der Waals surface area contributed by atoms with Crippen LogP contribution in [-0.2, 0) is 0 Å². The molecule has 0 spiro atoms. The van der Waals surface area contributed by atoms with Gasteiger partial charge in [-0.15, -0.1) is 0 Å². The van der Waals surface area contributed by atoms with Crippen molar-refractivity contribution in [2.24, 2.45) is 5.10 Å². The van der Waals surface area contributed by atoms with Gasteiger partial charge in [-0.2, -0.15) is 5.10 Å². The highest BCUT2D eigenvalue weighted by molar-refractivity contribution is 6.13. The molecule has 0 unspecified atom stereocenters. The first kappa shape index (κ1) is 15.5. The van der Waals surface area contributed by atoms with Crippen LogP contribution in [0.15, 0.2) is 90.0 Å². The Bertz CT molecular complexity index is 818. The molecule has 0 fully saturated rings. The van der Waals surface area contributed by atoms with Crippen molar-refractivity contribution in [1.29, 1.82) is 0 Å². The van der Waals surface area contributed by atoms with Crippen LogP contribution in [0.2, 0.25) is 0 Å². The van der Waals surface area contributed by atoms with Gasteiger partial charge in [-0.1, -0.05) is 72.8 Å². The fourth-order valence-electron chi connectivity index (χ4n) is 2.32. The van der Waals surface area contributed by atoms with E-state index >= 15 is 0 Å². The third kappa shape index (κ3) is 3.50. The molecule has 0 saturated heterocycles. The first-order chi connectivity index (χ1) is 11.8. The molecule has 0 bridgehead atoms. The van der Waals surface area contributed by atoms with Gasteiger partial charge in [0.2, 0.25) is 0 Å². The van der Waals surface area contributed by atoms with Crippen molar-refractivity contribution in [3.05, 3.63) is 102 Å². The zero-order valence-corrected chi connectivity index (χ0v) is 12.9. The van der Waals surface area contributed by atoms with Crippen LogP contribution in [0, 0.1) is 0 Å². The van der Waals surface area contributed by atoms with E-state index in [1.807, 2.05) is 60.7 Å². The summed E-state index contributed by atoms with van der Waals surface area (Å²) in [5.74, 6) is -0.538. The van der Waals surface area contributed by atoms with Crippen LogP contribution in [0.5, 0.6) is 5.75 Å². The maximum absolute atomic E-state index is 12.3. The monoisotopic (exact) mass is 316 g/mol. The highest BCUT2D eigenvalue weighted by Crippen LogP contribution is 2.15. The Morgan fingerprint density at radius 3 is 1.79 bits per heavy atom. The summed E-state index contributed by atoms with van der Waals surface area (Å²) in [4.78, 5) is 12.3.